The van der Waals surface area contributed by atoms with Crippen molar-refractivity contribution in [3.05, 3.63) is 28.8 Å². The summed E-state index contributed by atoms with van der Waals surface area (Å²) in [5, 5.41) is 3.62. The molecule has 0 bridgehead atoms. The van der Waals surface area contributed by atoms with Gasteiger partial charge in [0.05, 0.1) is 0 Å². The van der Waals surface area contributed by atoms with Crippen molar-refractivity contribution in [2.75, 3.05) is 32.0 Å². The van der Waals surface area contributed by atoms with Gasteiger partial charge in [-0.25, -0.2) is 4.79 Å². The average Bonchev–Trinajstić information content (AvgIpc) is 2.42. The van der Waals surface area contributed by atoms with Crippen molar-refractivity contribution in [1.82, 2.24) is 9.80 Å². The molecule has 2 rings (SSSR count). The Hall–Kier alpha value is -1.26. The van der Waals surface area contributed by atoms with Crippen LogP contribution >= 0.6 is 11.6 Å². The summed E-state index contributed by atoms with van der Waals surface area (Å²) in [5.41, 5.74) is 1.76. The molecule has 2 amide bonds. The Morgan fingerprint density at radius 2 is 2.20 bits per heavy atom. The Labute approximate surface area is 125 Å². The number of hydrogen-bond donors (Lipinski definition) is 1. The maximum atomic E-state index is 12.4. The van der Waals surface area contributed by atoms with Crippen LogP contribution in [0.1, 0.15) is 18.9 Å². The molecule has 1 fully saturated rings. The second-order valence-corrected chi connectivity index (χ2v) is 5.82. The van der Waals surface area contributed by atoms with Gasteiger partial charge in [0, 0.05) is 36.4 Å². The summed E-state index contributed by atoms with van der Waals surface area (Å²) in [6.45, 7) is 6.67. The molecule has 1 saturated heterocycles. The number of urea groups is 1. The third-order valence-corrected chi connectivity index (χ3v) is 4.25. The van der Waals surface area contributed by atoms with Crippen molar-refractivity contribution < 1.29 is 4.79 Å². The van der Waals surface area contributed by atoms with Gasteiger partial charge >= 0.3 is 6.03 Å². The molecule has 0 saturated carbocycles. The number of rotatable bonds is 2. The maximum absolute atomic E-state index is 12.4. The van der Waals surface area contributed by atoms with E-state index in [1.165, 1.54) is 0 Å². The summed E-state index contributed by atoms with van der Waals surface area (Å²) >= 11 is 6.09. The second-order valence-electron chi connectivity index (χ2n) is 5.41. The largest absolute Gasteiger partial charge is 0.322 e. The molecular weight excluding hydrogens is 274 g/mol. The molecule has 0 aromatic heterocycles. The third-order valence-electron chi connectivity index (χ3n) is 3.84. The molecule has 1 aromatic rings. The minimum atomic E-state index is -0.0372. The highest BCUT2D eigenvalue weighted by Gasteiger charge is 2.27. The molecule has 5 heteroatoms. The number of nitrogens with zero attached hydrogens (tertiary/aromatic N) is 2. The summed E-state index contributed by atoms with van der Waals surface area (Å²) in [6, 6.07) is 5.83. The van der Waals surface area contributed by atoms with Crippen molar-refractivity contribution in [3.8, 4) is 0 Å². The average molecular weight is 296 g/mol. The number of carbonyl (C=O) groups excluding carboxylic acids is 1. The van der Waals surface area contributed by atoms with Crippen LogP contribution in [-0.2, 0) is 0 Å². The zero-order chi connectivity index (χ0) is 14.7. The number of aryl methyl sites for hydroxylation is 1. The Morgan fingerprint density at radius 1 is 1.45 bits per heavy atom. The number of carbonyl (C=O) groups is 1. The van der Waals surface area contributed by atoms with E-state index in [4.69, 9.17) is 11.6 Å². The van der Waals surface area contributed by atoms with E-state index in [0.29, 0.717) is 5.02 Å². The van der Waals surface area contributed by atoms with Gasteiger partial charge in [0.15, 0.2) is 0 Å². The first-order valence-corrected chi connectivity index (χ1v) is 7.41. The lowest BCUT2D eigenvalue weighted by molar-refractivity contribution is 0.114. The quantitative estimate of drug-likeness (QED) is 0.909. The van der Waals surface area contributed by atoms with Gasteiger partial charge in [0.2, 0.25) is 0 Å². The lowest BCUT2D eigenvalue weighted by atomic mass is 10.1. The normalized spacial score (nSPS) is 20.0. The van der Waals surface area contributed by atoms with Crippen molar-refractivity contribution in [2.45, 2.75) is 26.3 Å². The number of hydrogen-bond acceptors (Lipinski definition) is 2. The van der Waals surface area contributed by atoms with E-state index < -0.39 is 0 Å². The molecule has 110 valence electrons. The highest BCUT2D eigenvalue weighted by Crippen LogP contribution is 2.21. The molecule has 1 aliphatic rings. The lowest BCUT2D eigenvalue weighted by Crippen LogP contribution is -2.54. The standard InChI is InChI=1S/C15H22ClN3O/c1-4-13-10-18(3)7-8-19(13)15(20)17-12-6-5-11(2)14(16)9-12/h5-6,9,13H,4,7-8,10H2,1-3H3,(H,17,20). The van der Waals surface area contributed by atoms with E-state index in [9.17, 15) is 4.79 Å². The SMILES string of the molecule is CCC1CN(C)CCN1C(=O)Nc1ccc(C)c(Cl)c1. The highest BCUT2D eigenvalue weighted by molar-refractivity contribution is 6.31. The number of likely N-dealkylation sites (N-methyl/N-ethyl adjacent to an activating group) is 1. The Balaban J connectivity index is 2.05. The number of halogens is 1. The van der Waals surface area contributed by atoms with Gasteiger partial charge in [-0.3, -0.25) is 0 Å². The minimum Gasteiger partial charge on any atom is -0.319 e. The minimum absolute atomic E-state index is 0.0372. The van der Waals surface area contributed by atoms with Crippen LogP contribution in [0.25, 0.3) is 0 Å². The van der Waals surface area contributed by atoms with E-state index >= 15 is 0 Å². The van der Waals surface area contributed by atoms with Crippen LogP contribution in [0.5, 0.6) is 0 Å². The zero-order valence-electron chi connectivity index (χ0n) is 12.3. The van der Waals surface area contributed by atoms with E-state index in [-0.39, 0.29) is 12.1 Å². The van der Waals surface area contributed by atoms with Crippen molar-refractivity contribution in [3.63, 3.8) is 0 Å². The zero-order valence-corrected chi connectivity index (χ0v) is 13.1. The van der Waals surface area contributed by atoms with Gasteiger partial charge in [-0.05, 0) is 38.1 Å². The molecule has 20 heavy (non-hydrogen) atoms. The number of piperazine rings is 1. The van der Waals surface area contributed by atoms with Crippen LogP contribution in [0.4, 0.5) is 10.5 Å². The van der Waals surface area contributed by atoms with Crippen molar-refractivity contribution in [1.29, 1.82) is 0 Å². The molecule has 0 spiro atoms. The number of nitrogens with one attached hydrogen (secondary N) is 1. The summed E-state index contributed by atoms with van der Waals surface area (Å²) in [4.78, 5) is 16.6. The first-order valence-electron chi connectivity index (χ1n) is 7.03. The second kappa shape index (κ2) is 6.46. The Morgan fingerprint density at radius 3 is 2.85 bits per heavy atom. The van der Waals surface area contributed by atoms with Gasteiger partial charge in [0.25, 0.3) is 0 Å². The third kappa shape index (κ3) is 3.44. The van der Waals surface area contributed by atoms with E-state index in [1.54, 1.807) is 6.07 Å². The Kier molecular flexibility index (Phi) is 4.89. The molecule has 4 nitrogen and oxygen atoms in total. The number of anilines is 1. The molecule has 1 unspecified atom stereocenters. The van der Waals surface area contributed by atoms with Gasteiger partial charge in [0.1, 0.15) is 0 Å². The van der Waals surface area contributed by atoms with Crippen molar-refractivity contribution >= 4 is 23.3 Å². The predicted octanol–water partition coefficient (Wildman–Crippen LogP) is 3.21. The van der Waals surface area contributed by atoms with Gasteiger partial charge in [-0.2, -0.15) is 0 Å². The molecule has 0 radical (unpaired) electrons. The molecule has 1 heterocycles. The van der Waals surface area contributed by atoms with E-state index in [0.717, 1.165) is 37.3 Å². The highest BCUT2D eigenvalue weighted by atomic mass is 35.5. The van der Waals surface area contributed by atoms with Crippen LogP contribution in [0, 0.1) is 6.92 Å². The van der Waals surface area contributed by atoms with Gasteiger partial charge in [-0.1, -0.05) is 24.6 Å². The van der Waals surface area contributed by atoms with E-state index in [2.05, 4.69) is 24.2 Å². The van der Waals surface area contributed by atoms with Crippen LogP contribution < -0.4 is 5.32 Å². The molecule has 1 N–H and O–H groups in total. The lowest BCUT2D eigenvalue weighted by Gasteiger charge is -2.39. The number of amides is 2. The van der Waals surface area contributed by atoms with Crippen LogP contribution in [0.3, 0.4) is 0 Å². The fourth-order valence-corrected chi connectivity index (χ4v) is 2.67. The van der Waals surface area contributed by atoms with Crippen LogP contribution in [0.15, 0.2) is 18.2 Å². The maximum Gasteiger partial charge on any atom is 0.322 e. The molecular formula is C15H22ClN3O. The van der Waals surface area contributed by atoms with Crippen molar-refractivity contribution in [2.24, 2.45) is 0 Å². The molecule has 0 aliphatic carbocycles. The number of benzene rings is 1. The fourth-order valence-electron chi connectivity index (χ4n) is 2.49. The summed E-state index contributed by atoms with van der Waals surface area (Å²) in [6.07, 6.45) is 0.965. The van der Waals surface area contributed by atoms with Crippen LogP contribution in [0.2, 0.25) is 5.02 Å². The smallest absolute Gasteiger partial charge is 0.319 e. The van der Waals surface area contributed by atoms with Gasteiger partial charge < -0.3 is 15.1 Å². The molecule has 1 aliphatic heterocycles. The van der Waals surface area contributed by atoms with E-state index in [1.807, 2.05) is 24.0 Å². The van der Waals surface area contributed by atoms with Gasteiger partial charge in [-0.15, -0.1) is 0 Å². The predicted molar refractivity (Wildman–Crippen MR) is 83.5 cm³/mol. The topological polar surface area (TPSA) is 35.6 Å². The first-order chi connectivity index (χ1) is 9.51. The first kappa shape index (κ1) is 15.1. The van der Waals surface area contributed by atoms with Crippen LogP contribution in [-0.4, -0.2) is 48.6 Å². The summed E-state index contributed by atoms with van der Waals surface area (Å²) in [7, 11) is 2.09. The molecule has 1 atom stereocenters. The Bertz CT molecular complexity index is 492. The summed E-state index contributed by atoms with van der Waals surface area (Å²) < 4.78 is 0. The molecule has 1 aromatic carbocycles. The fraction of sp³-hybridized carbons (Fsp3) is 0.533. The monoisotopic (exact) mass is 295 g/mol. The summed E-state index contributed by atoms with van der Waals surface area (Å²) in [5.74, 6) is 0.